The molecule has 5 nitrogen and oxygen atoms in total. The standard InChI is InChI=1S/C20H20FN5/c21-16-5-3-14(4-6-16)20-25-18(15-2-1-9-23-13-15)12-19(26-20)24-17-7-10-22-11-8-17/h1-6,9,12-13,17,22H,7-8,10-11H2,(H,24,25,26). The third kappa shape index (κ3) is 3.86. The minimum atomic E-state index is -0.273. The molecule has 2 aromatic heterocycles. The first-order valence-electron chi connectivity index (χ1n) is 8.80. The summed E-state index contributed by atoms with van der Waals surface area (Å²) in [5.74, 6) is 1.08. The van der Waals surface area contributed by atoms with E-state index in [9.17, 15) is 4.39 Å². The summed E-state index contributed by atoms with van der Waals surface area (Å²) < 4.78 is 13.3. The van der Waals surface area contributed by atoms with Gasteiger partial charge in [0, 0.05) is 35.6 Å². The lowest BCUT2D eigenvalue weighted by molar-refractivity contribution is 0.478. The van der Waals surface area contributed by atoms with Gasteiger partial charge in [0.2, 0.25) is 0 Å². The molecule has 0 saturated carbocycles. The summed E-state index contributed by atoms with van der Waals surface area (Å²) in [5.41, 5.74) is 2.50. The summed E-state index contributed by atoms with van der Waals surface area (Å²) in [7, 11) is 0. The van der Waals surface area contributed by atoms with Crippen LogP contribution in [0.1, 0.15) is 12.8 Å². The summed E-state index contributed by atoms with van der Waals surface area (Å²) >= 11 is 0. The average molecular weight is 349 g/mol. The number of benzene rings is 1. The number of aromatic nitrogens is 3. The van der Waals surface area contributed by atoms with E-state index in [2.05, 4.69) is 25.6 Å². The first kappa shape index (κ1) is 16.6. The van der Waals surface area contributed by atoms with E-state index in [1.807, 2.05) is 18.2 Å². The second-order valence-electron chi connectivity index (χ2n) is 6.38. The maximum atomic E-state index is 13.3. The molecule has 1 saturated heterocycles. The van der Waals surface area contributed by atoms with Crippen LogP contribution in [0.5, 0.6) is 0 Å². The van der Waals surface area contributed by atoms with Crippen LogP contribution in [0, 0.1) is 5.82 Å². The highest BCUT2D eigenvalue weighted by atomic mass is 19.1. The molecule has 0 spiro atoms. The molecule has 1 aromatic carbocycles. The van der Waals surface area contributed by atoms with Crippen molar-refractivity contribution in [3.05, 3.63) is 60.7 Å². The van der Waals surface area contributed by atoms with E-state index in [1.54, 1.807) is 24.5 Å². The van der Waals surface area contributed by atoms with Gasteiger partial charge >= 0.3 is 0 Å². The normalized spacial score (nSPS) is 15.0. The highest BCUT2D eigenvalue weighted by molar-refractivity contribution is 5.67. The van der Waals surface area contributed by atoms with Crippen LogP contribution in [0.2, 0.25) is 0 Å². The first-order valence-corrected chi connectivity index (χ1v) is 8.80. The first-order chi connectivity index (χ1) is 12.8. The second-order valence-corrected chi connectivity index (χ2v) is 6.38. The Morgan fingerprint density at radius 1 is 1.00 bits per heavy atom. The Labute approximate surface area is 151 Å². The number of nitrogens with zero attached hydrogens (tertiary/aromatic N) is 3. The Bertz CT molecular complexity index is 861. The molecule has 0 atom stereocenters. The third-order valence-corrected chi connectivity index (χ3v) is 4.48. The molecule has 1 fully saturated rings. The van der Waals surface area contributed by atoms with E-state index in [4.69, 9.17) is 0 Å². The zero-order valence-electron chi connectivity index (χ0n) is 14.3. The summed E-state index contributed by atoms with van der Waals surface area (Å²) in [4.78, 5) is 13.5. The van der Waals surface area contributed by atoms with Gasteiger partial charge in [-0.2, -0.15) is 0 Å². The number of piperidine rings is 1. The fourth-order valence-electron chi connectivity index (χ4n) is 3.09. The SMILES string of the molecule is Fc1ccc(-c2nc(NC3CCNCC3)cc(-c3cccnc3)n2)cc1. The van der Waals surface area contributed by atoms with Crippen LogP contribution in [-0.2, 0) is 0 Å². The maximum absolute atomic E-state index is 13.3. The number of nitrogens with one attached hydrogen (secondary N) is 2. The van der Waals surface area contributed by atoms with Crippen molar-refractivity contribution >= 4 is 5.82 Å². The predicted molar refractivity (Wildman–Crippen MR) is 100 cm³/mol. The number of anilines is 1. The van der Waals surface area contributed by atoms with Crippen LogP contribution in [0.4, 0.5) is 10.2 Å². The van der Waals surface area contributed by atoms with Crippen molar-refractivity contribution in [1.29, 1.82) is 0 Å². The lowest BCUT2D eigenvalue weighted by Crippen LogP contribution is -2.35. The van der Waals surface area contributed by atoms with Crippen molar-refractivity contribution < 1.29 is 4.39 Å². The van der Waals surface area contributed by atoms with E-state index >= 15 is 0 Å². The molecule has 4 rings (SSSR count). The molecule has 2 N–H and O–H groups in total. The fourth-order valence-corrected chi connectivity index (χ4v) is 3.09. The monoisotopic (exact) mass is 349 g/mol. The minimum Gasteiger partial charge on any atom is -0.367 e. The van der Waals surface area contributed by atoms with Gasteiger partial charge in [-0.15, -0.1) is 0 Å². The Morgan fingerprint density at radius 2 is 1.81 bits per heavy atom. The molecule has 132 valence electrons. The zero-order chi connectivity index (χ0) is 17.8. The molecular formula is C20H20FN5. The van der Waals surface area contributed by atoms with E-state index in [1.165, 1.54) is 12.1 Å². The highest BCUT2D eigenvalue weighted by Crippen LogP contribution is 2.25. The van der Waals surface area contributed by atoms with Crippen molar-refractivity contribution in [2.75, 3.05) is 18.4 Å². The maximum Gasteiger partial charge on any atom is 0.162 e. The number of hydrogen-bond donors (Lipinski definition) is 2. The number of rotatable bonds is 4. The van der Waals surface area contributed by atoms with Crippen LogP contribution < -0.4 is 10.6 Å². The van der Waals surface area contributed by atoms with Gasteiger partial charge in [0.25, 0.3) is 0 Å². The molecule has 1 aliphatic rings. The lowest BCUT2D eigenvalue weighted by atomic mass is 10.1. The molecule has 0 unspecified atom stereocenters. The van der Waals surface area contributed by atoms with Gasteiger partial charge in [0.05, 0.1) is 5.69 Å². The molecular weight excluding hydrogens is 329 g/mol. The van der Waals surface area contributed by atoms with E-state index in [0.29, 0.717) is 11.9 Å². The Morgan fingerprint density at radius 3 is 2.54 bits per heavy atom. The minimum absolute atomic E-state index is 0.273. The van der Waals surface area contributed by atoms with Gasteiger partial charge in [-0.05, 0) is 62.3 Å². The average Bonchev–Trinajstić information content (AvgIpc) is 2.70. The van der Waals surface area contributed by atoms with Gasteiger partial charge < -0.3 is 10.6 Å². The largest absolute Gasteiger partial charge is 0.367 e. The van der Waals surface area contributed by atoms with Gasteiger partial charge in [-0.25, -0.2) is 14.4 Å². The molecule has 3 aromatic rings. The van der Waals surface area contributed by atoms with Crippen LogP contribution in [0.3, 0.4) is 0 Å². The molecule has 26 heavy (non-hydrogen) atoms. The second kappa shape index (κ2) is 7.58. The van der Waals surface area contributed by atoms with Crippen molar-refractivity contribution in [1.82, 2.24) is 20.3 Å². The molecule has 0 amide bonds. The van der Waals surface area contributed by atoms with Crippen LogP contribution in [0.25, 0.3) is 22.6 Å². The van der Waals surface area contributed by atoms with Crippen LogP contribution >= 0.6 is 0 Å². The Kier molecular flexibility index (Phi) is 4.84. The van der Waals surface area contributed by atoms with E-state index in [0.717, 1.165) is 48.6 Å². The van der Waals surface area contributed by atoms with Gasteiger partial charge in [-0.3, -0.25) is 4.98 Å². The molecule has 6 heteroatoms. The highest BCUT2D eigenvalue weighted by Gasteiger charge is 2.15. The Balaban J connectivity index is 1.72. The van der Waals surface area contributed by atoms with Crippen molar-refractivity contribution in [3.63, 3.8) is 0 Å². The molecule has 0 bridgehead atoms. The third-order valence-electron chi connectivity index (χ3n) is 4.48. The van der Waals surface area contributed by atoms with Crippen LogP contribution in [-0.4, -0.2) is 34.1 Å². The Hall–Kier alpha value is -2.86. The molecule has 0 aliphatic carbocycles. The number of pyridine rings is 1. The summed E-state index contributed by atoms with van der Waals surface area (Å²) in [5, 5.41) is 6.89. The predicted octanol–water partition coefficient (Wildman–Crippen LogP) is 3.51. The zero-order valence-corrected chi connectivity index (χ0v) is 14.3. The van der Waals surface area contributed by atoms with Crippen molar-refractivity contribution in [2.24, 2.45) is 0 Å². The number of halogens is 1. The van der Waals surface area contributed by atoms with Gasteiger partial charge in [-0.1, -0.05) is 0 Å². The van der Waals surface area contributed by atoms with E-state index < -0.39 is 0 Å². The van der Waals surface area contributed by atoms with Crippen LogP contribution in [0.15, 0.2) is 54.9 Å². The molecule has 0 radical (unpaired) electrons. The molecule has 1 aliphatic heterocycles. The summed E-state index contributed by atoms with van der Waals surface area (Å²) in [6, 6.07) is 12.4. The fraction of sp³-hybridized carbons (Fsp3) is 0.250. The molecule has 3 heterocycles. The topological polar surface area (TPSA) is 62.7 Å². The van der Waals surface area contributed by atoms with E-state index in [-0.39, 0.29) is 5.82 Å². The summed E-state index contributed by atoms with van der Waals surface area (Å²) in [6.07, 6.45) is 5.63. The summed E-state index contributed by atoms with van der Waals surface area (Å²) in [6.45, 7) is 2.01. The van der Waals surface area contributed by atoms with Gasteiger partial charge in [0.1, 0.15) is 11.6 Å². The smallest absolute Gasteiger partial charge is 0.162 e. The van der Waals surface area contributed by atoms with Crippen molar-refractivity contribution in [3.8, 4) is 22.6 Å². The van der Waals surface area contributed by atoms with Crippen molar-refractivity contribution in [2.45, 2.75) is 18.9 Å². The van der Waals surface area contributed by atoms with Gasteiger partial charge in [0.15, 0.2) is 5.82 Å². The lowest BCUT2D eigenvalue weighted by Gasteiger charge is -2.24. The number of hydrogen-bond acceptors (Lipinski definition) is 5. The quantitative estimate of drug-likeness (QED) is 0.755.